The van der Waals surface area contributed by atoms with Crippen molar-refractivity contribution in [3.63, 3.8) is 0 Å². The number of hydrogen-bond acceptors (Lipinski definition) is 4. The first-order valence-corrected chi connectivity index (χ1v) is 6.10. The molecule has 6 heteroatoms. The van der Waals surface area contributed by atoms with Gasteiger partial charge < -0.3 is 0 Å². The number of pyridine rings is 1. The van der Waals surface area contributed by atoms with Crippen LogP contribution in [0.4, 0.5) is 0 Å². The maximum absolute atomic E-state index is 5.94. The van der Waals surface area contributed by atoms with Crippen molar-refractivity contribution in [2.75, 3.05) is 0 Å². The van der Waals surface area contributed by atoms with E-state index >= 15 is 0 Å². The summed E-state index contributed by atoms with van der Waals surface area (Å²) in [5, 5.41) is 9.13. The molecule has 0 atom stereocenters. The van der Waals surface area contributed by atoms with Gasteiger partial charge in [-0.25, -0.2) is 4.98 Å². The van der Waals surface area contributed by atoms with E-state index in [9.17, 15) is 0 Å². The zero-order valence-corrected chi connectivity index (χ0v) is 10.2. The summed E-state index contributed by atoms with van der Waals surface area (Å²) in [6.07, 6.45) is 3.25. The summed E-state index contributed by atoms with van der Waals surface area (Å²) in [6.45, 7) is 0. The summed E-state index contributed by atoms with van der Waals surface area (Å²) >= 11 is 7.46. The summed E-state index contributed by atoms with van der Waals surface area (Å²) in [5.41, 5.74) is 0.877. The Kier molecular flexibility index (Phi) is 2.70. The average Bonchev–Trinajstić information content (AvgIpc) is 2.82. The van der Waals surface area contributed by atoms with E-state index in [0.29, 0.717) is 5.02 Å². The van der Waals surface area contributed by atoms with Gasteiger partial charge in [-0.1, -0.05) is 17.7 Å². The summed E-state index contributed by atoms with van der Waals surface area (Å²) in [6, 6.07) is 7.62. The lowest BCUT2D eigenvalue weighted by atomic mass is 10.2. The Bertz CT molecular complexity index is 654. The van der Waals surface area contributed by atoms with Gasteiger partial charge in [0.2, 0.25) is 0 Å². The molecule has 3 rings (SSSR count). The molecule has 0 fully saturated rings. The van der Waals surface area contributed by atoms with Crippen molar-refractivity contribution in [1.29, 1.82) is 0 Å². The van der Waals surface area contributed by atoms with Gasteiger partial charge in [-0.15, -0.1) is 0 Å². The highest BCUT2D eigenvalue weighted by Gasteiger charge is 2.05. The first-order valence-electron chi connectivity index (χ1n) is 4.90. The van der Waals surface area contributed by atoms with Crippen molar-refractivity contribution in [1.82, 2.24) is 20.2 Å². The third-order valence-corrected chi connectivity index (χ3v) is 3.47. The van der Waals surface area contributed by atoms with E-state index in [1.807, 2.05) is 24.3 Å². The fraction of sp³-hybridized carbons (Fsp3) is 0. The molecule has 0 bridgehead atoms. The van der Waals surface area contributed by atoms with Crippen molar-refractivity contribution in [2.24, 2.45) is 0 Å². The van der Waals surface area contributed by atoms with Crippen molar-refractivity contribution >= 4 is 34.3 Å². The van der Waals surface area contributed by atoms with Crippen LogP contribution in [0.25, 0.3) is 10.9 Å². The van der Waals surface area contributed by atoms with Crippen LogP contribution in [-0.4, -0.2) is 20.2 Å². The third kappa shape index (κ3) is 2.11. The summed E-state index contributed by atoms with van der Waals surface area (Å²) in [4.78, 5) is 9.45. The van der Waals surface area contributed by atoms with Gasteiger partial charge in [0.1, 0.15) is 6.33 Å². The van der Waals surface area contributed by atoms with E-state index in [4.69, 9.17) is 11.6 Å². The highest BCUT2D eigenvalue weighted by atomic mass is 35.5. The summed E-state index contributed by atoms with van der Waals surface area (Å²) < 4.78 is 0. The molecule has 0 aliphatic carbocycles. The molecule has 0 radical (unpaired) electrons. The van der Waals surface area contributed by atoms with Gasteiger partial charge in [-0.05, 0) is 30.0 Å². The maximum Gasteiger partial charge on any atom is 0.188 e. The lowest BCUT2D eigenvalue weighted by molar-refractivity contribution is 0.973. The fourth-order valence-electron chi connectivity index (χ4n) is 1.53. The number of aromatic amines is 1. The zero-order valence-electron chi connectivity index (χ0n) is 8.59. The average molecular weight is 263 g/mol. The second-order valence-corrected chi connectivity index (χ2v) is 4.83. The van der Waals surface area contributed by atoms with Crippen molar-refractivity contribution in [3.05, 3.63) is 41.8 Å². The molecule has 2 heterocycles. The zero-order chi connectivity index (χ0) is 11.7. The molecular weight excluding hydrogens is 256 g/mol. The topological polar surface area (TPSA) is 54.5 Å². The molecule has 0 unspecified atom stereocenters. The molecule has 0 saturated heterocycles. The number of H-pyrrole nitrogens is 1. The minimum atomic E-state index is 0.687. The Morgan fingerprint density at radius 3 is 2.94 bits per heavy atom. The molecule has 84 valence electrons. The molecule has 0 amide bonds. The molecular formula is C11H7ClN4S. The van der Waals surface area contributed by atoms with Crippen LogP contribution in [0.3, 0.4) is 0 Å². The predicted molar refractivity (Wildman–Crippen MR) is 67.3 cm³/mol. The molecule has 3 aromatic rings. The maximum atomic E-state index is 5.94. The van der Waals surface area contributed by atoms with Crippen LogP contribution in [0.5, 0.6) is 0 Å². The number of hydrogen-bond donors (Lipinski definition) is 1. The predicted octanol–water partition coefficient (Wildman–Crippen LogP) is 3.16. The van der Waals surface area contributed by atoms with Gasteiger partial charge in [0, 0.05) is 21.5 Å². The number of nitrogens with one attached hydrogen (secondary N) is 1. The number of benzene rings is 1. The number of fused-ring (bicyclic) bond motifs is 1. The van der Waals surface area contributed by atoms with Gasteiger partial charge >= 0.3 is 0 Å². The van der Waals surface area contributed by atoms with Crippen LogP contribution >= 0.6 is 23.4 Å². The van der Waals surface area contributed by atoms with E-state index < -0.39 is 0 Å². The van der Waals surface area contributed by atoms with Gasteiger partial charge in [-0.3, -0.25) is 10.1 Å². The molecule has 0 aliphatic rings. The monoisotopic (exact) mass is 262 g/mol. The Morgan fingerprint density at radius 1 is 1.18 bits per heavy atom. The summed E-state index contributed by atoms with van der Waals surface area (Å²) in [5.74, 6) is 0. The van der Waals surface area contributed by atoms with Crippen LogP contribution in [0.1, 0.15) is 0 Å². The third-order valence-electron chi connectivity index (χ3n) is 2.26. The largest absolute Gasteiger partial charge is 0.256 e. The van der Waals surface area contributed by atoms with Crippen LogP contribution in [-0.2, 0) is 0 Å². The lowest BCUT2D eigenvalue weighted by Gasteiger charge is -2.03. The molecule has 4 nitrogen and oxygen atoms in total. The van der Waals surface area contributed by atoms with Gasteiger partial charge in [0.05, 0.1) is 5.52 Å². The van der Waals surface area contributed by atoms with Crippen LogP contribution in [0.2, 0.25) is 5.02 Å². The standard InChI is InChI=1S/C11H7ClN4S/c12-7-1-2-8-9(5-7)13-4-3-10(8)17-11-14-6-15-16-11/h1-6H,(H,14,15,16). The minimum absolute atomic E-state index is 0.687. The normalized spacial score (nSPS) is 10.9. The highest BCUT2D eigenvalue weighted by Crippen LogP contribution is 2.31. The molecule has 0 saturated carbocycles. The SMILES string of the molecule is Clc1ccc2c(Sc3ncn[nH]3)ccnc2c1. The molecule has 0 aliphatic heterocycles. The van der Waals surface area contributed by atoms with Crippen molar-refractivity contribution < 1.29 is 0 Å². The van der Waals surface area contributed by atoms with Crippen molar-refractivity contribution in [2.45, 2.75) is 10.1 Å². The first kappa shape index (κ1) is 10.6. The van der Waals surface area contributed by atoms with E-state index in [0.717, 1.165) is 21.0 Å². The Balaban J connectivity index is 2.10. The van der Waals surface area contributed by atoms with E-state index in [1.54, 1.807) is 6.20 Å². The molecule has 2 aromatic heterocycles. The van der Waals surface area contributed by atoms with Crippen LogP contribution < -0.4 is 0 Å². The smallest absolute Gasteiger partial charge is 0.188 e. The molecule has 0 spiro atoms. The second kappa shape index (κ2) is 4.35. The van der Waals surface area contributed by atoms with Crippen LogP contribution in [0, 0.1) is 0 Å². The lowest BCUT2D eigenvalue weighted by Crippen LogP contribution is -1.83. The number of rotatable bonds is 2. The van der Waals surface area contributed by atoms with E-state index in [2.05, 4.69) is 20.2 Å². The number of nitrogens with zero attached hydrogens (tertiary/aromatic N) is 3. The minimum Gasteiger partial charge on any atom is -0.256 e. The van der Waals surface area contributed by atoms with Crippen molar-refractivity contribution in [3.8, 4) is 0 Å². The highest BCUT2D eigenvalue weighted by molar-refractivity contribution is 7.99. The Hall–Kier alpha value is -1.59. The number of aromatic nitrogens is 4. The molecule has 1 aromatic carbocycles. The van der Waals surface area contributed by atoms with Crippen LogP contribution in [0.15, 0.2) is 46.8 Å². The van der Waals surface area contributed by atoms with Gasteiger partial charge in [-0.2, -0.15) is 5.10 Å². The van der Waals surface area contributed by atoms with E-state index in [1.165, 1.54) is 18.1 Å². The number of halogens is 1. The first-order chi connectivity index (χ1) is 8.33. The quantitative estimate of drug-likeness (QED) is 0.771. The molecule has 17 heavy (non-hydrogen) atoms. The summed E-state index contributed by atoms with van der Waals surface area (Å²) in [7, 11) is 0. The van der Waals surface area contributed by atoms with Gasteiger partial charge in [0.25, 0.3) is 0 Å². The molecule has 1 N–H and O–H groups in total. The van der Waals surface area contributed by atoms with E-state index in [-0.39, 0.29) is 0 Å². The second-order valence-electron chi connectivity index (χ2n) is 3.36. The Labute approximate surface area is 106 Å². The Morgan fingerprint density at radius 2 is 2.12 bits per heavy atom. The fourth-order valence-corrected chi connectivity index (χ4v) is 2.52. The van der Waals surface area contributed by atoms with Gasteiger partial charge in [0.15, 0.2) is 5.16 Å².